The number of carbonyl (C=O) groups excluding carboxylic acids is 1. The number of nitrogens with two attached hydrogens (primary N) is 1. The number of amides is 1. The zero-order valence-electron chi connectivity index (χ0n) is 9.77. The highest BCUT2D eigenvalue weighted by Gasteiger charge is 2.16. The van der Waals surface area contributed by atoms with Gasteiger partial charge in [-0.1, -0.05) is 6.07 Å². The molecule has 1 atom stereocenters. The summed E-state index contributed by atoms with van der Waals surface area (Å²) in [7, 11) is 0. The lowest BCUT2D eigenvalue weighted by atomic mass is 10.2. The lowest BCUT2D eigenvalue weighted by Gasteiger charge is -2.13. The molecule has 1 heterocycles. The van der Waals surface area contributed by atoms with Crippen LogP contribution in [0.2, 0.25) is 0 Å². The molecule has 0 aliphatic carbocycles. The third kappa shape index (κ3) is 2.53. The van der Waals surface area contributed by atoms with Gasteiger partial charge < -0.3 is 16.0 Å². The highest BCUT2D eigenvalue weighted by Crippen LogP contribution is 2.24. The van der Waals surface area contributed by atoms with Gasteiger partial charge >= 0.3 is 0 Å². The van der Waals surface area contributed by atoms with Crippen LogP contribution in [0.3, 0.4) is 0 Å². The van der Waals surface area contributed by atoms with Crippen molar-refractivity contribution in [2.45, 2.75) is 13.0 Å². The van der Waals surface area contributed by atoms with Crippen LogP contribution in [0.5, 0.6) is 0 Å². The van der Waals surface area contributed by atoms with E-state index in [1.165, 1.54) is 0 Å². The van der Waals surface area contributed by atoms with Crippen molar-refractivity contribution in [3.8, 4) is 0 Å². The van der Waals surface area contributed by atoms with E-state index in [2.05, 4.69) is 31.2 Å². The number of hydrogen-bond donors (Lipinski definition) is 3. The predicted molar refractivity (Wildman–Crippen MR) is 73.0 cm³/mol. The van der Waals surface area contributed by atoms with Crippen molar-refractivity contribution in [3.05, 3.63) is 46.5 Å². The molecule has 5 nitrogen and oxygen atoms in total. The molecule has 0 spiro atoms. The van der Waals surface area contributed by atoms with E-state index in [-0.39, 0.29) is 11.9 Å². The van der Waals surface area contributed by atoms with Crippen LogP contribution in [0.25, 0.3) is 0 Å². The van der Waals surface area contributed by atoms with E-state index in [0.29, 0.717) is 21.5 Å². The second kappa shape index (κ2) is 5.22. The molecule has 6 heteroatoms. The standard InChI is InChI=1S/C12H13BrN4O/c1-7(11-15-5-6-16-11)17-12(18)8-3-2-4-9(14)10(8)13/h2-7H,14H2,1H3,(H,15,16)(H,17,18). The summed E-state index contributed by atoms with van der Waals surface area (Å²) in [6, 6.07) is 4.99. The smallest absolute Gasteiger partial charge is 0.253 e. The average Bonchev–Trinajstić information content (AvgIpc) is 2.86. The van der Waals surface area contributed by atoms with Gasteiger partial charge in [-0.15, -0.1) is 0 Å². The first-order valence-corrected chi connectivity index (χ1v) is 6.23. The number of imidazole rings is 1. The van der Waals surface area contributed by atoms with Crippen LogP contribution in [0.15, 0.2) is 35.1 Å². The molecule has 0 fully saturated rings. The largest absolute Gasteiger partial charge is 0.398 e. The van der Waals surface area contributed by atoms with E-state index in [1.807, 2.05) is 6.92 Å². The van der Waals surface area contributed by atoms with E-state index < -0.39 is 0 Å². The van der Waals surface area contributed by atoms with E-state index in [9.17, 15) is 4.79 Å². The molecule has 0 bridgehead atoms. The van der Waals surface area contributed by atoms with Gasteiger partial charge in [0.2, 0.25) is 0 Å². The third-order valence-corrected chi connectivity index (χ3v) is 3.44. The fraction of sp³-hybridized carbons (Fsp3) is 0.167. The Bertz CT molecular complexity index is 553. The van der Waals surface area contributed by atoms with Crippen LogP contribution in [0.4, 0.5) is 5.69 Å². The molecule has 18 heavy (non-hydrogen) atoms. The predicted octanol–water partition coefficient (Wildman–Crippen LogP) is 2.25. The average molecular weight is 309 g/mol. The SMILES string of the molecule is CC(NC(=O)c1cccc(N)c1Br)c1ncc[nH]1. The number of anilines is 1. The summed E-state index contributed by atoms with van der Waals surface area (Å²) in [6.45, 7) is 1.86. The number of nitrogen functional groups attached to an aromatic ring is 1. The Balaban J connectivity index is 2.15. The maximum absolute atomic E-state index is 12.1. The lowest BCUT2D eigenvalue weighted by Crippen LogP contribution is -2.27. The van der Waals surface area contributed by atoms with Crippen molar-refractivity contribution < 1.29 is 4.79 Å². The van der Waals surface area contributed by atoms with Gasteiger partial charge in [0.25, 0.3) is 5.91 Å². The maximum atomic E-state index is 12.1. The summed E-state index contributed by atoms with van der Waals surface area (Å²) in [4.78, 5) is 19.1. The van der Waals surface area contributed by atoms with Crippen molar-refractivity contribution in [1.82, 2.24) is 15.3 Å². The Kier molecular flexibility index (Phi) is 3.66. The molecule has 1 unspecified atom stereocenters. The molecule has 0 radical (unpaired) electrons. The molecular weight excluding hydrogens is 296 g/mol. The first-order chi connectivity index (χ1) is 8.59. The van der Waals surface area contributed by atoms with Gasteiger partial charge in [0.1, 0.15) is 5.82 Å². The first-order valence-electron chi connectivity index (χ1n) is 5.43. The Morgan fingerprint density at radius 3 is 3.00 bits per heavy atom. The Morgan fingerprint density at radius 2 is 2.33 bits per heavy atom. The monoisotopic (exact) mass is 308 g/mol. The quantitative estimate of drug-likeness (QED) is 0.760. The normalized spacial score (nSPS) is 12.1. The van der Waals surface area contributed by atoms with E-state index >= 15 is 0 Å². The Morgan fingerprint density at radius 1 is 1.56 bits per heavy atom. The number of H-pyrrole nitrogens is 1. The Hall–Kier alpha value is -1.82. The van der Waals surface area contributed by atoms with Gasteiger partial charge in [0.15, 0.2) is 0 Å². The van der Waals surface area contributed by atoms with Crippen molar-refractivity contribution >= 4 is 27.5 Å². The van der Waals surface area contributed by atoms with Gasteiger partial charge in [-0.3, -0.25) is 4.79 Å². The molecule has 1 aromatic carbocycles. The van der Waals surface area contributed by atoms with Crippen molar-refractivity contribution in [2.75, 3.05) is 5.73 Å². The van der Waals surface area contributed by atoms with E-state index in [0.717, 1.165) is 0 Å². The minimum atomic E-state index is -0.196. The molecule has 2 aromatic rings. The molecule has 2 rings (SSSR count). The van der Waals surface area contributed by atoms with Crippen LogP contribution in [0.1, 0.15) is 29.1 Å². The highest BCUT2D eigenvalue weighted by atomic mass is 79.9. The van der Waals surface area contributed by atoms with E-state index in [1.54, 1.807) is 30.6 Å². The zero-order chi connectivity index (χ0) is 13.1. The maximum Gasteiger partial charge on any atom is 0.253 e. The molecular formula is C12H13BrN4O. The molecule has 0 saturated carbocycles. The van der Waals surface area contributed by atoms with Crippen LogP contribution in [-0.4, -0.2) is 15.9 Å². The number of aromatic nitrogens is 2. The number of benzene rings is 1. The van der Waals surface area contributed by atoms with Gasteiger partial charge in [-0.2, -0.15) is 0 Å². The minimum Gasteiger partial charge on any atom is -0.398 e. The highest BCUT2D eigenvalue weighted by molar-refractivity contribution is 9.10. The summed E-state index contributed by atoms with van der Waals surface area (Å²) < 4.78 is 0.606. The van der Waals surface area contributed by atoms with Gasteiger partial charge in [0.05, 0.1) is 16.1 Å². The zero-order valence-corrected chi connectivity index (χ0v) is 11.4. The number of aromatic amines is 1. The summed E-state index contributed by atoms with van der Waals surface area (Å²) in [5, 5.41) is 2.85. The van der Waals surface area contributed by atoms with Crippen LogP contribution < -0.4 is 11.1 Å². The lowest BCUT2D eigenvalue weighted by molar-refractivity contribution is 0.0937. The van der Waals surface area contributed by atoms with Crippen LogP contribution in [-0.2, 0) is 0 Å². The number of nitrogens with zero attached hydrogens (tertiary/aromatic N) is 1. The van der Waals surface area contributed by atoms with Gasteiger partial charge in [0, 0.05) is 18.1 Å². The van der Waals surface area contributed by atoms with Crippen LogP contribution in [0, 0.1) is 0 Å². The minimum absolute atomic E-state index is 0.194. The summed E-state index contributed by atoms with van der Waals surface area (Å²) >= 11 is 3.31. The summed E-state index contributed by atoms with van der Waals surface area (Å²) in [5.74, 6) is 0.515. The molecule has 94 valence electrons. The van der Waals surface area contributed by atoms with Crippen molar-refractivity contribution in [2.24, 2.45) is 0 Å². The topological polar surface area (TPSA) is 83.8 Å². The molecule has 0 aliphatic heterocycles. The van der Waals surface area contributed by atoms with Crippen molar-refractivity contribution in [1.29, 1.82) is 0 Å². The van der Waals surface area contributed by atoms with E-state index in [4.69, 9.17) is 5.73 Å². The molecule has 4 N–H and O–H groups in total. The van der Waals surface area contributed by atoms with Crippen molar-refractivity contribution in [3.63, 3.8) is 0 Å². The number of nitrogens with one attached hydrogen (secondary N) is 2. The number of rotatable bonds is 3. The number of hydrogen-bond acceptors (Lipinski definition) is 3. The second-order valence-corrected chi connectivity index (χ2v) is 4.67. The number of halogens is 1. The summed E-state index contributed by atoms with van der Waals surface area (Å²) in [6.07, 6.45) is 3.36. The second-order valence-electron chi connectivity index (χ2n) is 3.88. The first kappa shape index (κ1) is 12.6. The van der Waals surface area contributed by atoms with Crippen LogP contribution >= 0.6 is 15.9 Å². The molecule has 1 amide bonds. The van der Waals surface area contributed by atoms with Gasteiger partial charge in [-0.25, -0.2) is 4.98 Å². The molecule has 0 saturated heterocycles. The Labute approximate surface area is 113 Å². The molecule has 0 aliphatic rings. The molecule has 1 aromatic heterocycles. The van der Waals surface area contributed by atoms with Gasteiger partial charge in [-0.05, 0) is 35.0 Å². The fourth-order valence-electron chi connectivity index (χ4n) is 1.58. The fourth-order valence-corrected chi connectivity index (χ4v) is 2.03. The third-order valence-electron chi connectivity index (χ3n) is 2.55. The number of carbonyl (C=O) groups is 1. The summed E-state index contributed by atoms with van der Waals surface area (Å²) in [5.41, 5.74) is 6.78.